The molecule has 0 N–H and O–H groups in total. The highest BCUT2D eigenvalue weighted by Gasteiger charge is 2.17. The van der Waals surface area contributed by atoms with Gasteiger partial charge in [0.2, 0.25) is 5.82 Å². The molecule has 2 aromatic heterocycles. The molecule has 0 spiro atoms. The Kier molecular flexibility index (Phi) is 3.09. The van der Waals surface area contributed by atoms with Crippen molar-refractivity contribution in [3.63, 3.8) is 0 Å². The summed E-state index contributed by atoms with van der Waals surface area (Å²) in [7, 11) is 0. The van der Waals surface area contributed by atoms with Crippen molar-refractivity contribution < 1.29 is 0 Å². The molecule has 0 amide bonds. The van der Waals surface area contributed by atoms with Gasteiger partial charge in [0.05, 0.1) is 0 Å². The van der Waals surface area contributed by atoms with Gasteiger partial charge in [-0.15, -0.1) is 4.91 Å². The molecule has 0 unspecified atom stereocenters. The number of nitrogens with zero attached hydrogens (tertiary/aromatic N) is 3. The first kappa shape index (κ1) is 13.5. The molecule has 0 saturated carbocycles. The van der Waals surface area contributed by atoms with Gasteiger partial charge in [-0.25, -0.2) is 4.98 Å². The summed E-state index contributed by atoms with van der Waals surface area (Å²) in [6.07, 6.45) is 1.80. The fraction of sp³-hybridized carbons (Fsp3) is 0.235. The Bertz CT molecular complexity index is 795. The van der Waals surface area contributed by atoms with Crippen LogP contribution in [0.3, 0.4) is 0 Å². The summed E-state index contributed by atoms with van der Waals surface area (Å²) in [6.45, 7) is 6.52. The molecule has 106 valence electrons. The van der Waals surface area contributed by atoms with Crippen LogP contribution < -0.4 is 0 Å². The molecule has 1 aromatic carbocycles. The Morgan fingerprint density at radius 1 is 1.05 bits per heavy atom. The molecule has 0 radical (unpaired) electrons. The van der Waals surface area contributed by atoms with Crippen molar-refractivity contribution in [2.45, 2.75) is 26.2 Å². The quantitative estimate of drug-likeness (QED) is 0.638. The van der Waals surface area contributed by atoms with E-state index < -0.39 is 0 Å². The van der Waals surface area contributed by atoms with E-state index in [1.165, 1.54) is 5.56 Å². The second-order valence-electron chi connectivity index (χ2n) is 6.13. The van der Waals surface area contributed by atoms with Crippen LogP contribution in [0.25, 0.3) is 16.9 Å². The molecule has 3 aromatic rings. The van der Waals surface area contributed by atoms with E-state index in [1.807, 2.05) is 30.3 Å². The molecule has 0 bridgehead atoms. The fourth-order valence-electron chi connectivity index (χ4n) is 2.39. The van der Waals surface area contributed by atoms with Crippen LogP contribution in [0.1, 0.15) is 26.3 Å². The number of rotatable bonds is 2. The first-order valence-corrected chi connectivity index (χ1v) is 6.92. The lowest BCUT2D eigenvalue weighted by Gasteiger charge is -2.18. The van der Waals surface area contributed by atoms with E-state index in [-0.39, 0.29) is 5.41 Å². The van der Waals surface area contributed by atoms with E-state index in [9.17, 15) is 4.91 Å². The largest absolute Gasteiger partial charge is 0.281 e. The predicted octanol–water partition coefficient (Wildman–Crippen LogP) is 4.70. The zero-order valence-corrected chi connectivity index (χ0v) is 12.4. The first-order chi connectivity index (χ1) is 10.0. The number of benzene rings is 1. The lowest BCUT2D eigenvalue weighted by molar-refractivity contribution is 0.590. The number of imidazole rings is 1. The van der Waals surface area contributed by atoms with Gasteiger partial charge in [0, 0.05) is 11.8 Å². The second kappa shape index (κ2) is 4.81. The Labute approximate surface area is 123 Å². The normalized spacial score (nSPS) is 11.8. The Morgan fingerprint density at radius 3 is 2.38 bits per heavy atom. The Balaban J connectivity index is 2.14. The van der Waals surface area contributed by atoms with Gasteiger partial charge in [-0.05, 0) is 28.3 Å². The van der Waals surface area contributed by atoms with Gasteiger partial charge < -0.3 is 0 Å². The standard InChI is InChI=1S/C17H17N3O/c1-17(2,3)13-9-7-12(8-10-13)15-16(19-21)20-11-5-4-6-14(20)18-15/h4-11H,1-3H3. The smallest absolute Gasteiger partial charge is 0.209 e. The molecular formula is C17H17N3O. The van der Waals surface area contributed by atoms with Crippen molar-refractivity contribution in [3.05, 3.63) is 59.1 Å². The van der Waals surface area contributed by atoms with Gasteiger partial charge in [-0.2, -0.15) is 0 Å². The Hall–Kier alpha value is -2.49. The molecule has 0 aliphatic rings. The fourth-order valence-corrected chi connectivity index (χ4v) is 2.39. The SMILES string of the molecule is CC(C)(C)c1ccc(-c2nc3ccccn3c2N=O)cc1. The summed E-state index contributed by atoms with van der Waals surface area (Å²) in [4.78, 5) is 15.7. The minimum atomic E-state index is 0.100. The predicted molar refractivity (Wildman–Crippen MR) is 84.8 cm³/mol. The molecule has 21 heavy (non-hydrogen) atoms. The molecule has 0 aliphatic heterocycles. The molecule has 0 saturated heterocycles. The van der Waals surface area contributed by atoms with Crippen molar-refractivity contribution in [2.75, 3.05) is 0 Å². The number of hydrogen-bond acceptors (Lipinski definition) is 3. The average Bonchev–Trinajstić information content (AvgIpc) is 2.85. The van der Waals surface area contributed by atoms with Crippen LogP contribution >= 0.6 is 0 Å². The van der Waals surface area contributed by atoms with E-state index in [1.54, 1.807) is 10.6 Å². The highest BCUT2D eigenvalue weighted by atomic mass is 16.3. The minimum absolute atomic E-state index is 0.100. The number of fused-ring (bicyclic) bond motifs is 1. The maximum Gasteiger partial charge on any atom is 0.209 e. The molecule has 3 rings (SSSR count). The minimum Gasteiger partial charge on any atom is -0.281 e. The molecule has 4 heteroatoms. The third-order valence-electron chi connectivity index (χ3n) is 3.62. The van der Waals surface area contributed by atoms with Crippen LogP contribution in [0.2, 0.25) is 0 Å². The van der Waals surface area contributed by atoms with Gasteiger partial charge in [-0.3, -0.25) is 4.40 Å². The zero-order valence-electron chi connectivity index (χ0n) is 12.4. The van der Waals surface area contributed by atoms with Crippen LogP contribution in [0.4, 0.5) is 5.82 Å². The van der Waals surface area contributed by atoms with Crippen LogP contribution in [-0.4, -0.2) is 9.38 Å². The number of nitroso groups, excluding NO2 is 1. The van der Waals surface area contributed by atoms with Crippen LogP contribution in [0, 0.1) is 4.91 Å². The average molecular weight is 279 g/mol. The van der Waals surface area contributed by atoms with Gasteiger partial charge in [0.15, 0.2) is 0 Å². The summed E-state index contributed by atoms with van der Waals surface area (Å²) in [5.41, 5.74) is 3.60. The summed E-state index contributed by atoms with van der Waals surface area (Å²) in [5.74, 6) is 0.342. The molecule has 0 fully saturated rings. The highest BCUT2D eigenvalue weighted by molar-refractivity contribution is 5.74. The maximum atomic E-state index is 11.2. The summed E-state index contributed by atoms with van der Waals surface area (Å²) >= 11 is 0. The van der Waals surface area contributed by atoms with Crippen LogP contribution in [0.15, 0.2) is 53.8 Å². The van der Waals surface area contributed by atoms with Gasteiger partial charge in [-0.1, -0.05) is 51.1 Å². The molecule has 0 atom stereocenters. The van der Waals surface area contributed by atoms with Gasteiger partial charge in [0.1, 0.15) is 11.3 Å². The monoisotopic (exact) mass is 279 g/mol. The van der Waals surface area contributed by atoms with E-state index in [0.29, 0.717) is 11.5 Å². The zero-order chi connectivity index (χ0) is 15.0. The summed E-state index contributed by atoms with van der Waals surface area (Å²) in [6, 6.07) is 13.8. The lowest BCUT2D eigenvalue weighted by Crippen LogP contribution is -2.10. The summed E-state index contributed by atoms with van der Waals surface area (Å²) in [5, 5.41) is 3.16. The lowest BCUT2D eigenvalue weighted by atomic mass is 9.86. The molecule has 4 nitrogen and oxygen atoms in total. The van der Waals surface area contributed by atoms with Crippen molar-refractivity contribution in [1.82, 2.24) is 9.38 Å². The number of hydrogen-bond donors (Lipinski definition) is 0. The van der Waals surface area contributed by atoms with E-state index in [2.05, 4.69) is 43.1 Å². The molecule has 0 aliphatic carbocycles. The third-order valence-corrected chi connectivity index (χ3v) is 3.62. The molecule has 2 heterocycles. The van der Waals surface area contributed by atoms with E-state index in [0.717, 1.165) is 11.2 Å². The van der Waals surface area contributed by atoms with Crippen LogP contribution in [0.5, 0.6) is 0 Å². The van der Waals surface area contributed by atoms with Crippen molar-refractivity contribution in [2.24, 2.45) is 5.18 Å². The van der Waals surface area contributed by atoms with Crippen molar-refractivity contribution in [3.8, 4) is 11.3 Å². The number of pyridine rings is 1. The second-order valence-corrected chi connectivity index (χ2v) is 6.13. The Morgan fingerprint density at radius 2 is 1.76 bits per heavy atom. The third kappa shape index (κ3) is 2.33. The highest BCUT2D eigenvalue weighted by Crippen LogP contribution is 2.32. The van der Waals surface area contributed by atoms with E-state index >= 15 is 0 Å². The molecular weight excluding hydrogens is 262 g/mol. The van der Waals surface area contributed by atoms with Crippen LogP contribution in [-0.2, 0) is 5.41 Å². The van der Waals surface area contributed by atoms with E-state index in [4.69, 9.17) is 0 Å². The van der Waals surface area contributed by atoms with Crippen molar-refractivity contribution in [1.29, 1.82) is 0 Å². The number of aromatic nitrogens is 2. The van der Waals surface area contributed by atoms with Gasteiger partial charge >= 0.3 is 0 Å². The maximum absolute atomic E-state index is 11.2. The summed E-state index contributed by atoms with van der Waals surface area (Å²) < 4.78 is 1.71. The van der Waals surface area contributed by atoms with Gasteiger partial charge in [0.25, 0.3) is 0 Å². The first-order valence-electron chi connectivity index (χ1n) is 6.92. The van der Waals surface area contributed by atoms with Crippen molar-refractivity contribution >= 4 is 11.5 Å². The topological polar surface area (TPSA) is 46.7 Å².